The Hall–Kier alpha value is -2.67. The molecule has 0 fully saturated rings. The summed E-state index contributed by atoms with van der Waals surface area (Å²) in [5.74, 6) is 0.154. The summed E-state index contributed by atoms with van der Waals surface area (Å²) in [6.07, 6.45) is 0. The van der Waals surface area contributed by atoms with Gasteiger partial charge in [0.15, 0.2) is 0 Å². The van der Waals surface area contributed by atoms with Gasteiger partial charge in [0.25, 0.3) is 0 Å². The van der Waals surface area contributed by atoms with Gasteiger partial charge in [-0.05, 0) is 60.0 Å². The number of nitrogens with zero attached hydrogens (tertiary/aromatic N) is 4. The van der Waals surface area contributed by atoms with Gasteiger partial charge in [0.2, 0.25) is 11.1 Å². The van der Waals surface area contributed by atoms with Crippen LogP contribution in [-0.2, 0) is 4.79 Å². The van der Waals surface area contributed by atoms with Crippen molar-refractivity contribution >= 4 is 23.4 Å². The van der Waals surface area contributed by atoms with E-state index in [1.54, 1.807) is 4.68 Å². The number of thioether (sulfide) groups is 1. The fraction of sp³-hybridized carbons (Fsp3) is 0.222. The standard InChI is InChI=1S/C18H19N5OS/c1-12-6-4-9-15(10-12)23-18(20-21-22-23)25-11-16(24)19-17-13(2)7-5-8-14(17)3/h4-10H,11H2,1-3H3,(H,19,24). The molecule has 3 aromatic rings. The van der Waals surface area contributed by atoms with Gasteiger partial charge in [-0.1, -0.05) is 42.1 Å². The van der Waals surface area contributed by atoms with Crippen molar-refractivity contribution in [3.8, 4) is 5.69 Å². The van der Waals surface area contributed by atoms with Crippen LogP contribution in [0.15, 0.2) is 47.6 Å². The van der Waals surface area contributed by atoms with E-state index < -0.39 is 0 Å². The summed E-state index contributed by atoms with van der Waals surface area (Å²) in [6, 6.07) is 13.8. The number of hydrogen-bond acceptors (Lipinski definition) is 5. The van der Waals surface area contributed by atoms with E-state index in [2.05, 4.69) is 20.8 Å². The number of rotatable bonds is 5. The first-order chi connectivity index (χ1) is 12.0. The Morgan fingerprint density at radius 2 is 1.84 bits per heavy atom. The minimum Gasteiger partial charge on any atom is -0.325 e. The maximum absolute atomic E-state index is 12.3. The summed E-state index contributed by atoms with van der Waals surface area (Å²) in [4.78, 5) is 12.3. The largest absolute Gasteiger partial charge is 0.325 e. The van der Waals surface area contributed by atoms with E-state index in [0.717, 1.165) is 28.1 Å². The summed E-state index contributed by atoms with van der Waals surface area (Å²) in [7, 11) is 0. The average molecular weight is 353 g/mol. The topological polar surface area (TPSA) is 72.7 Å². The van der Waals surface area contributed by atoms with Crippen LogP contribution >= 0.6 is 11.8 Å². The summed E-state index contributed by atoms with van der Waals surface area (Å²) >= 11 is 1.31. The molecular weight excluding hydrogens is 334 g/mol. The van der Waals surface area contributed by atoms with Crippen LogP contribution in [0.1, 0.15) is 16.7 Å². The normalized spacial score (nSPS) is 10.7. The number of benzene rings is 2. The second-order valence-corrected chi connectivity index (χ2v) is 6.76. The summed E-state index contributed by atoms with van der Waals surface area (Å²) in [6.45, 7) is 5.97. The van der Waals surface area contributed by atoms with E-state index >= 15 is 0 Å². The lowest BCUT2D eigenvalue weighted by Crippen LogP contribution is -2.16. The lowest BCUT2D eigenvalue weighted by Gasteiger charge is -2.11. The number of nitrogens with one attached hydrogen (secondary N) is 1. The molecule has 1 aromatic heterocycles. The van der Waals surface area contributed by atoms with Crippen molar-refractivity contribution in [2.24, 2.45) is 0 Å². The van der Waals surface area contributed by atoms with Crippen LogP contribution in [0, 0.1) is 20.8 Å². The Morgan fingerprint density at radius 3 is 2.56 bits per heavy atom. The van der Waals surface area contributed by atoms with Gasteiger partial charge in [0.05, 0.1) is 11.4 Å². The van der Waals surface area contributed by atoms with Crippen molar-refractivity contribution < 1.29 is 4.79 Å². The van der Waals surface area contributed by atoms with Crippen LogP contribution in [-0.4, -0.2) is 31.9 Å². The van der Waals surface area contributed by atoms with Crippen molar-refractivity contribution in [1.82, 2.24) is 20.2 Å². The third kappa shape index (κ3) is 4.06. The van der Waals surface area contributed by atoms with Crippen molar-refractivity contribution in [3.63, 3.8) is 0 Å². The third-order valence-electron chi connectivity index (χ3n) is 3.77. The Kier molecular flexibility index (Phi) is 5.14. The lowest BCUT2D eigenvalue weighted by molar-refractivity contribution is -0.113. The van der Waals surface area contributed by atoms with Crippen LogP contribution in [0.4, 0.5) is 5.69 Å². The first kappa shape index (κ1) is 17.2. The molecule has 0 unspecified atom stereocenters. The molecule has 1 heterocycles. The summed E-state index contributed by atoms with van der Waals surface area (Å²) < 4.78 is 1.64. The Bertz CT molecular complexity index is 886. The SMILES string of the molecule is Cc1cccc(-n2nnnc2SCC(=O)Nc2c(C)cccc2C)c1. The second kappa shape index (κ2) is 7.48. The number of aromatic nitrogens is 4. The van der Waals surface area contributed by atoms with Crippen molar-refractivity contribution in [2.45, 2.75) is 25.9 Å². The molecule has 128 valence electrons. The smallest absolute Gasteiger partial charge is 0.234 e. The minimum atomic E-state index is -0.0822. The van der Waals surface area contributed by atoms with Crippen LogP contribution in [0.25, 0.3) is 5.69 Å². The van der Waals surface area contributed by atoms with Crippen LogP contribution < -0.4 is 5.32 Å². The van der Waals surface area contributed by atoms with E-state index in [0.29, 0.717) is 5.16 Å². The Morgan fingerprint density at radius 1 is 1.12 bits per heavy atom. The molecule has 2 aromatic carbocycles. The molecule has 0 atom stereocenters. The van der Waals surface area contributed by atoms with E-state index in [-0.39, 0.29) is 11.7 Å². The second-order valence-electron chi connectivity index (χ2n) is 5.82. The molecule has 0 radical (unpaired) electrons. The van der Waals surface area contributed by atoms with Crippen LogP contribution in [0.2, 0.25) is 0 Å². The van der Waals surface area contributed by atoms with Gasteiger partial charge in [0.1, 0.15) is 0 Å². The monoisotopic (exact) mass is 353 g/mol. The number of carbonyl (C=O) groups is 1. The molecule has 7 heteroatoms. The lowest BCUT2D eigenvalue weighted by atomic mass is 10.1. The number of aryl methyl sites for hydroxylation is 3. The minimum absolute atomic E-state index is 0.0822. The quantitative estimate of drug-likeness (QED) is 0.713. The van der Waals surface area contributed by atoms with E-state index in [4.69, 9.17) is 0 Å². The zero-order valence-electron chi connectivity index (χ0n) is 14.4. The number of hydrogen-bond donors (Lipinski definition) is 1. The van der Waals surface area contributed by atoms with Crippen molar-refractivity contribution in [1.29, 1.82) is 0 Å². The molecule has 0 saturated carbocycles. The maximum atomic E-state index is 12.3. The van der Waals surface area contributed by atoms with Gasteiger partial charge in [-0.15, -0.1) is 5.10 Å². The van der Waals surface area contributed by atoms with Gasteiger partial charge >= 0.3 is 0 Å². The third-order valence-corrected chi connectivity index (χ3v) is 4.68. The van der Waals surface area contributed by atoms with Gasteiger partial charge in [-0.25, -0.2) is 0 Å². The molecule has 0 saturated heterocycles. The summed E-state index contributed by atoms with van der Waals surface area (Å²) in [5.41, 5.74) is 4.96. The molecule has 1 N–H and O–H groups in total. The Balaban J connectivity index is 1.69. The van der Waals surface area contributed by atoms with Crippen LogP contribution in [0.3, 0.4) is 0 Å². The van der Waals surface area contributed by atoms with Gasteiger partial charge in [-0.3, -0.25) is 4.79 Å². The highest BCUT2D eigenvalue weighted by molar-refractivity contribution is 7.99. The molecule has 0 aliphatic heterocycles. The number of anilines is 1. The summed E-state index contributed by atoms with van der Waals surface area (Å²) in [5, 5.41) is 15.3. The zero-order valence-corrected chi connectivity index (χ0v) is 15.2. The average Bonchev–Trinajstić information content (AvgIpc) is 3.05. The maximum Gasteiger partial charge on any atom is 0.234 e. The number of amides is 1. The molecule has 6 nitrogen and oxygen atoms in total. The molecule has 25 heavy (non-hydrogen) atoms. The van der Waals surface area contributed by atoms with E-state index in [9.17, 15) is 4.79 Å². The fourth-order valence-electron chi connectivity index (χ4n) is 2.51. The van der Waals surface area contributed by atoms with Crippen molar-refractivity contribution in [2.75, 3.05) is 11.1 Å². The molecule has 0 aliphatic rings. The molecule has 0 bridgehead atoms. The van der Waals surface area contributed by atoms with E-state index in [1.807, 2.05) is 63.2 Å². The predicted octanol–water partition coefficient (Wildman–Crippen LogP) is 3.32. The molecule has 0 spiro atoms. The predicted molar refractivity (Wildman–Crippen MR) is 99.2 cm³/mol. The molecule has 3 rings (SSSR count). The number of para-hydroxylation sites is 1. The highest BCUT2D eigenvalue weighted by Crippen LogP contribution is 2.22. The molecule has 0 aliphatic carbocycles. The van der Waals surface area contributed by atoms with Crippen molar-refractivity contribution in [3.05, 3.63) is 59.2 Å². The number of tetrazole rings is 1. The first-order valence-electron chi connectivity index (χ1n) is 7.89. The molecule has 1 amide bonds. The highest BCUT2D eigenvalue weighted by atomic mass is 32.2. The highest BCUT2D eigenvalue weighted by Gasteiger charge is 2.13. The van der Waals surface area contributed by atoms with Gasteiger partial charge in [-0.2, -0.15) is 4.68 Å². The fourth-order valence-corrected chi connectivity index (χ4v) is 3.20. The first-order valence-corrected chi connectivity index (χ1v) is 8.87. The van der Waals surface area contributed by atoms with Gasteiger partial charge < -0.3 is 5.32 Å². The molecular formula is C18H19N5OS. The van der Waals surface area contributed by atoms with E-state index in [1.165, 1.54) is 11.8 Å². The number of carbonyl (C=O) groups excluding carboxylic acids is 1. The van der Waals surface area contributed by atoms with Crippen LogP contribution in [0.5, 0.6) is 0 Å². The Labute approximate surface area is 150 Å². The zero-order chi connectivity index (χ0) is 17.8. The van der Waals surface area contributed by atoms with Gasteiger partial charge in [0, 0.05) is 5.69 Å².